The zero-order valence-corrected chi connectivity index (χ0v) is 14.3. The average Bonchev–Trinajstić information content (AvgIpc) is 3.29. The molecule has 1 N–H and O–H groups in total. The van der Waals surface area contributed by atoms with Crippen molar-refractivity contribution in [2.24, 2.45) is 29.6 Å². The monoisotopic (exact) mass is 290 g/mol. The van der Waals surface area contributed by atoms with Gasteiger partial charge in [-0.25, -0.2) is 0 Å². The number of piperazine rings is 1. The van der Waals surface area contributed by atoms with Crippen molar-refractivity contribution in [1.82, 2.24) is 10.2 Å². The van der Waals surface area contributed by atoms with E-state index < -0.39 is 0 Å². The first-order valence-corrected chi connectivity index (χ1v) is 9.56. The topological polar surface area (TPSA) is 15.3 Å². The number of hydrogen-bond acceptors (Lipinski definition) is 2. The fraction of sp³-hybridized carbons (Fsp3) is 1.00. The van der Waals surface area contributed by atoms with Gasteiger partial charge in [-0.3, -0.25) is 4.90 Å². The maximum absolute atomic E-state index is 3.94. The Morgan fingerprint density at radius 3 is 2.14 bits per heavy atom. The molecule has 4 aliphatic rings. The number of nitrogens with zero attached hydrogens (tertiary/aromatic N) is 1. The van der Waals surface area contributed by atoms with Crippen LogP contribution in [-0.2, 0) is 0 Å². The van der Waals surface area contributed by atoms with Gasteiger partial charge in [-0.05, 0) is 75.0 Å². The zero-order valence-electron chi connectivity index (χ0n) is 14.3. The van der Waals surface area contributed by atoms with Gasteiger partial charge < -0.3 is 5.32 Å². The van der Waals surface area contributed by atoms with E-state index in [0.29, 0.717) is 5.54 Å². The maximum atomic E-state index is 3.94. The van der Waals surface area contributed by atoms with Crippen LogP contribution < -0.4 is 5.32 Å². The van der Waals surface area contributed by atoms with Crippen LogP contribution in [0.2, 0.25) is 0 Å². The second-order valence-corrected chi connectivity index (χ2v) is 9.15. The first kappa shape index (κ1) is 14.5. The molecule has 120 valence electrons. The van der Waals surface area contributed by atoms with Crippen LogP contribution in [-0.4, -0.2) is 36.1 Å². The van der Waals surface area contributed by atoms with Gasteiger partial charge in [0.2, 0.25) is 0 Å². The van der Waals surface area contributed by atoms with Crippen molar-refractivity contribution in [3.05, 3.63) is 0 Å². The second kappa shape index (κ2) is 5.23. The van der Waals surface area contributed by atoms with E-state index in [1.54, 1.807) is 0 Å². The summed E-state index contributed by atoms with van der Waals surface area (Å²) in [5.41, 5.74) is 0.406. The molecule has 2 unspecified atom stereocenters. The Morgan fingerprint density at radius 2 is 1.67 bits per heavy atom. The molecule has 0 radical (unpaired) electrons. The lowest BCUT2D eigenvalue weighted by atomic mass is 9.86. The van der Waals surface area contributed by atoms with Crippen LogP contribution in [0.5, 0.6) is 0 Å². The normalized spacial score (nSPS) is 38.4. The minimum atomic E-state index is 0.406. The summed E-state index contributed by atoms with van der Waals surface area (Å²) in [6.45, 7) is 11.3. The minimum Gasteiger partial charge on any atom is -0.308 e. The van der Waals surface area contributed by atoms with Gasteiger partial charge in [-0.1, -0.05) is 13.8 Å². The zero-order chi connectivity index (χ0) is 14.6. The molecule has 4 fully saturated rings. The summed E-state index contributed by atoms with van der Waals surface area (Å²) in [5, 5.41) is 3.94. The molecular formula is C19H34N2. The first-order chi connectivity index (χ1) is 10.1. The molecule has 0 spiro atoms. The number of rotatable bonds is 6. The predicted molar refractivity (Wildman–Crippen MR) is 88.3 cm³/mol. The lowest BCUT2D eigenvalue weighted by Crippen LogP contribution is -2.65. The fourth-order valence-corrected chi connectivity index (χ4v) is 4.92. The van der Waals surface area contributed by atoms with Crippen LogP contribution in [0.25, 0.3) is 0 Å². The van der Waals surface area contributed by atoms with E-state index in [0.717, 1.165) is 35.6 Å². The highest BCUT2D eigenvalue weighted by Gasteiger charge is 2.48. The quantitative estimate of drug-likeness (QED) is 0.805. The Kier molecular flexibility index (Phi) is 3.61. The molecule has 4 rings (SSSR count). The molecule has 2 atom stereocenters. The summed E-state index contributed by atoms with van der Waals surface area (Å²) in [6, 6.07) is 0.761. The van der Waals surface area contributed by atoms with Crippen molar-refractivity contribution in [2.75, 3.05) is 19.6 Å². The molecule has 1 heterocycles. The van der Waals surface area contributed by atoms with Gasteiger partial charge in [-0.2, -0.15) is 0 Å². The molecule has 0 bridgehead atoms. The van der Waals surface area contributed by atoms with Gasteiger partial charge in [0, 0.05) is 31.2 Å². The molecule has 3 saturated carbocycles. The van der Waals surface area contributed by atoms with Crippen molar-refractivity contribution >= 4 is 0 Å². The van der Waals surface area contributed by atoms with Crippen LogP contribution in [0.15, 0.2) is 0 Å². The molecule has 0 amide bonds. The van der Waals surface area contributed by atoms with Crippen LogP contribution >= 0.6 is 0 Å². The third-order valence-electron chi connectivity index (χ3n) is 6.86. The van der Waals surface area contributed by atoms with Gasteiger partial charge in [0.05, 0.1) is 0 Å². The van der Waals surface area contributed by atoms with E-state index in [2.05, 4.69) is 31.0 Å². The van der Waals surface area contributed by atoms with Crippen molar-refractivity contribution in [3.63, 3.8) is 0 Å². The van der Waals surface area contributed by atoms with Crippen molar-refractivity contribution in [2.45, 2.75) is 70.9 Å². The molecule has 1 aliphatic heterocycles. The van der Waals surface area contributed by atoms with Crippen molar-refractivity contribution in [3.8, 4) is 0 Å². The molecular weight excluding hydrogens is 256 g/mol. The van der Waals surface area contributed by atoms with E-state index in [1.807, 2.05) is 0 Å². The van der Waals surface area contributed by atoms with Crippen LogP contribution in [0.3, 0.4) is 0 Å². The average molecular weight is 290 g/mol. The largest absolute Gasteiger partial charge is 0.308 e. The Balaban J connectivity index is 1.47. The van der Waals surface area contributed by atoms with E-state index in [9.17, 15) is 0 Å². The molecule has 0 aromatic rings. The van der Waals surface area contributed by atoms with Crippen molar-refractivity contribution in [1.29, 1.82) is 0 Å². The highest BCUT2D eigenvalue weighted by molar-refractivity contribution is 5.05. The maximum Gasteiger partial charge on any atom is 0.0309 e. The van der Waals surface area contributed by atoms with E-state index >= 15 is 0 Å². The van der Waals surface area contributed by atoms with Gasteiger partial charge >= 0.3 is 0 Å². The first-order valence-electron chi connectivity index (χ1n) is 9.56. The van der Waals surface area contributed by atoms with Gasteiger partial charge in [0.25, 0.3) is 0 Å². The summed E-state index contributed by atoms with van der Waals surface area (Å²) in [4.78, 5) is 2.92. The van der Waals surface area contributed by atoms with Gasteiger partial charge in [-0.15, -0.1) is 0 Å². The lowest BCUT2D eigenvalue weighted by molar-refractivity contribution is 0.0341. The Labute approximate surface area is 131 Å². The summed E-state index contributed by atoms with van der Waals surface area (Å²) in [5.74, 6) is 4.95. The molecule has 3 aliphatic carbocycles. The molecule has 1 saturated heterocycles. The Hall–Kier alpha value is -0.0800. The highest BCUT2D eigenvalue weighted by atomic mass is 15.3. The smallest absolute Gasteiger partial charge is 0.0309 e. The molecule has 0 aromatic carbocycles. The minimum absolute atomic E-state index is 0.406. The highest BCUT2D eigenvalue weighted by Crippen LogP contribution is 2.50. The van der Waals surface area contributed by atoms with E-state index in [-0.39, 0.29) is 0 Å². The number of hydrogen-bond donors (Lipinski definition) is 1. The number of nitrogens with one attached hydrogen (secondary N) is 1. The van der Waals surface area contributed by atoms with Gasteiger partial charge in [0.1, 0.15) is 0 Å². The molecule has 2 heteroatoms. The van der Waals surface area contributed by atoms with E-state index in [1.165, 1.54) is 58.2 Å². The lowest BCUT2D eigenvalue weighted by Gasteiger charge is -2.49. The Bertz CT molecular complexity index is 369. The molecule has 0 aromatic heterocycles. The summed E-state index contributed by atoms with van der Waals surface area (Å²) >= 11 is 0. The van der Waals surface area contributed by atoms with Crippen molar-refractivity contribution < 1.29 is 0 Å². The van der Waals surface area contributed by atoms with Crippen LogP contribution in [0.4, 0.5) is 0 Å². The van der Waals surface area contributed by atoms with Crippen LogP contribution in [0.1, 0.15) is 59.3 Å². The summed E-state index contributed by atoms with van der Waals surface area (Å²) in [7, 11) is 0. The SMILES string of the molecule is CC(C)C1CNC(C)(C2CC2)CN1CC(C1CC1)C1CC1. The summed E-state index contributed by atoms with van der Waals surface area (Å²) < 4.78 is 0. The van der Waals surface area contributed by atoms with Gasteiger partial charge in [0.15, 0.2) is 0 Å². The molecule has 2 nitrogen and oxygen atoms in total. The second-order valence-electron chi connectivity index (χ2n) is 9.15. The third-order valence-corrected chi connectivity index (χ3v) is 6.86. The summed E-state index contributed by atoms with van der Waals surface area (Å²) in [6.07, 6.45) is 9.02. The van der Waals surface area contributed by atoms with Crippen LogP contribution in [0, 0.1) is 29.6 Å². The fourth-order valence-electron chi connectivity index (χ4n) is 4.92. The third kappa shape index (κ3) is 3.03. The standard InChI is InChI=1S/C19H34N2/c1-13(2)18-10-20-19(3,16-8-9-16)12-21(18)11-17(14-4-5-14)15-6-7-15/h13-18,20H,4-12H2,1-3H3. The van der Waals surface area contributed by atoms with E-state index in [4.69, 9.17) is 0 Å². The Morgan fingerprint density at radius 1 is 1.05 bits per heavy atom. The predicted octanol–water partition coefficient (Wildman–Crippen LogP) is 3.52. The molecule has 21 heavy (non-hydrogen) atoms.